The van der Waals surface area contributed by atoms with Crippen molar-refractivity contribution in [1.82, 2.24) is 0 Å². The fourth-order valence-electron chi connectivity index (χ4n) is 3.22. The number of halogens is 1. The first kappa shape index (κ1) is 20.1. The highest BCUT2D eigenvalue weighted by atomic mass is 35.5. The summed E-state index contributed by atoms with van der Waals surface area (Å²) in [4.78, 5) is 0. The van der Waals surface area contributed by atoms with Crippen molar-refractivity contribution >= 4 is 11.6 Å². The fourth-order valence-corrected chi connectivity index (χ4v) is 3.44. The molecule has 0 radical (unpaired) electrons. The van der Waals surface area contributed by atoms with Gasteiger partial charge in [0.15, 0.2) is 0 Å². The largest absolute Gasteiger partial charge is 0.494 e. The molecule has 5 atom stereocenters. The summed E-state index contributed by atoms with van der Waals surface area (Å²) in [6.45, 7) is 2.02. The Hall–Kier alpha value is -1.67. The smallest absolute Gasteiger partial charge is 0.119 e. The number of aliphatic hydroxyl groups excluding tert-OH is 4. The minimum atomic E-state index is -1.43. The molecule has 0 aliphatic carbocycles. The molecule has 0 amide bonds. The van der Waals surface area contributed by atoms with Gasteiger partial charge in [0.25, 0.3) is 0 Å². The Morgan fingerprint density at radius 3 is 2.33 bits per heavy atom. The Balaban J connectivity index is 1.92. The second-order valence-corrected chi connectivity index (χ2v) is 6.85. The summed E-state index contributed by atoms with van der Waals surface area (Å²) in [6, 6.07) is 12.6. The van der Waals surface area contributed by atoms with E-state index in [9.17, 15) is 20.4 Å². The van der Waals surface area contributed by atoms with Crippen molar-refractivity contribution in [2.45, 2.75) is 37.4 Å². The predicted octanol–water partition coefficient (Wildman–Crippen LogP) is 1.92. The van der Waals surface area contributed by atoms with Crippen LogP contribution in [0, 0.1) is 0 Å². The molecule has 1 unspecified atom stereocenters. The minimum Gasteiger partial charge on any atom is -0.494 e. The molecular weight excluding hydrogens is 372 g/mol. The fraction of sp³-hybridized carbons (Fsp3) is 0.400. The van der Waals surface area contributed by atoms with Crippen molar-refractivity contribution in [1.29, 1.82) is 0 Å². The van der Waals surface area contributed by atoms with E-state index in [-0.39, 0.29) is 0 Å². The van der Waals surface area contributed by atoms with Gasteiger partial charge in [-0.3, -0.25) is 0 Å². The molecule has 1 heterocycles. The molecule has 0 aromatic heterocycles. The molecule has 27 heavy (non-hydrogen) atoms. The van der Waals surface area contributed by atoms with Gasteiger partial charge in [0.2, 0.25) is 0 Å². The van der Waals surface area contributed by atoms with Crippen LogP contribution in [-0.2, 0) is 4.74 Å². The van der Waals surface area contributed by atoms with Crippen molar-refractivity contribution in [3.05, 3.63) is 53.1 Å². The lowest BCUT2D eigenvalue weighted by atomic mass is 9.90. The second kappa shape index (κ2) is 8.56. The van der Waals surface area contributed by atoms with Crippen LogP contribution in [0.25, 0.3) is 11.1 Å². The molecule has 2 aromatic rings. The lowest BCUT2D eigenvalue weighted by Gasteiger charge is -2.40. The summed E-state index contributed by atoms with van der Waals surface area (Å²) in [5.41, 5.74) is 2.17. The molecule has 3 rings (SSSR count). The topological polar surface area (TPSA) is 99.4 Å². The summed E-state index contributed by atoms with van der Waals surface area (Å²) in [5.74, 6) is 0.752. The Morgan fingerprint density at radius 1 is 1.00 bits per heavy atom. The zero-order valence-corrected chi connectivity index (χ0v) is 15.6. The standard InChI is InChI=1S/C20H23ClO6/c1-2-26-13-6-3-11(4-7-13)14-9-12(5-8-15(14)21)20-19(25)18(24)17(23)16(10-22)27-20/h3-9,16-20,22-25H,2,10H2,1H3/t16-,17-,18+,19-,20?/m1/s1. The molecule has 6 nitrogen and oxygen atoms in total. The number of hydrogen-bond acceptors (Lipinski definition) is 6. The number of benzene rings is 2. The lowest BCUT2D eigenvalue weighted by Crippen LogP contribution is -2.55. The van der Waals surface area contributed by atoms with E-state index in [4.69, 9.17) is 21.1 Å². The van der Waals surface area contributed by atoms with E-state index < -0.39 is 37.1 Å². The molecule has 1 aliphatic heterocycles. The number of hydrogen-bond donors (Lipinski definition) is 4. The number of aliphatic hydroxyl groups is 4. The van der Waals surface area contributed by atoms with Crippen molar-refractivity contribution in [3.8, 4) is 16.9 Å². The molecule has 2 aromatic carbocycles. The van der Waals surface area contributed by atoms with Crippen molar-refractivity contribution < 1.29 is 29.9 Å². The summed E-state index contributed by atoms with van der Waals surface area (Å²) in [5, 5.41) is 40.2. The third-order valence-corrected chi connectivity index (χ3v) is 5.02. The minimum absolute atomic E-state index is 0.471. The van der Waals surface area contributed by atoms with Crippen LogP contribution in [0.3, 0.4) is 0 Å². The van der Waals surface area contributed by atoms with Crippen LogP contribution in [0.5, 0.6) is 5.75 Å². The highest BCUT2D eigenvalue weighted by molar-refractivity contribution is 6.33. The third kappa shape index (κ3) is 4.11. The van der Waals surface area contributed by atoms with E-state index in [1.165, 1.54) is 0 Å². The Bertz CT molecular complexity index is 764. The Kier molecular flexibility index (Phi) is 6.37. The van der Waals surface area contributed by atoms with Crippen molar-refractivity contribution in [3.63, 3.8) is 0 Å². The van der Waals surface area contributed by atoms with Crippen molar-refractivity contribution in [2.24, 2.45) is 0 Å². The van der Waals surface area contributed by atoms with E-state index in [1.54, 1.807) is 18.2 Å². The van der Waals surface area contributed by atoms with E-state index in [0.29, 0.717) is 17.2 Å². The van der Waals surface area contributed by atoms with Gasteiger partial charge < -0.3 is 29.9 Å². The Morgan fingerprint density at radius 2 is 1.70 bits per heavy atom. The highest BCUT2D eigenvalue weighted by Gasteiger charge is 2.44. The van der Waals surface area contributed by atoms with Crippen LogP contribution < -0.4 is 4.74 Å². The number of ether oxygens (including phenoxy) is 2. The molecular formula is C20H23ClO6. The van der Waals surface area contributed by atoms with E-state index in [2.05, 4.69) is 0 Å². The van der Waals surface area contributed by atoms with Crippen LogP contribution in [0.4, 0.5) is 0 Å². The van der Waals surface area contributed by atoms with Crippen molar-refractivity contribution in [2.75, 3.05) is 13.2 Å². The van der Waals surface area contributed by atoms with Gasteiger partial charge >= 0.3 is 0 Å². The first-order valence-corrected chi connectivity index (χ1v) is 9.17. The molecule has 7 heteroatoms. The van der Waals surface area contributed by atoms with Gasteiger partial charge in [-0.15, -0.1) is 0 Å². The molecule has 146 valence electrons. The van der Waals surface area contributed by atoms with E-state index in [1.807, 2.05) is 31.2 Å². The quantitative estimate of drug-likeness (QED) is 0.618. The SMILES string of the molecule is CCOc1ccc(-c2cc(C3O[C@H](CO)[C@@H](O)[C@H](O)[C@H]3O)ccc2Cl)cc1. The first-order valence-electron chi connectivity index (χ1n) is 8.79. The van der Waals surface area contributed by atoms with E-state index >= 15 is 0 Å². The summed E-state index contributed by atoms with van der Waals surface area (Å²) >= 11 is 6.35. The zero-order valence-electron chi connectivity index (χ0n) is 14.8. The molecule has 0 spiro atoms. The second-order valence-electron chi connectivity index (χ2n) is 6.45. The summed E-state index contributed by atoms with van der Waals surface area (Å²) in [7, 11) is 0. The molecule has 0 bridgehead atoms. The van der Waals surface area contributed by atoms with Gasteiger partial charge in [-0.25, -0.2) is 0 Å². The monoisotopic (exact) mass is 394 g/mol. The summed E-state index contributed by atoms with van der Waals surface area (Å²) < 4.78 is 11.1. The van der Waals surface area contributed by atoms with Crippen LogP contribution in [0.1, 0.15) is 18.6 Å². The average Bonchev–Trinajstić information content (AvgIpc) is 2.68. The van der Waals surface area contributed by atoms with Gasteiger partial charge in [0.1, 0.15) is 36.3 Å². The molecule has 1 saturated heterocycles. The van der Waals surface area contributed by atoms with Crippen LogP contribution >= 0.6 is 11.6 Å². The molecule has 4 N–H and O–H groups in total. The maximum absolute atomic E-state index is 10.3. The van der Waals surface area contributed by atoms with E-state index in [0.717, 1.165) is 16.9 Å². The molecule has 1 aliphatic rings. The average molecular weight is 395 g/mol. The zero-order chi connectivity index (χ0) is 19.6. The normalized spacial score (nSPS) is 28.1. The van der Waals surface area contributed by atoms with Gasteiger partial charge in [0, 0.05) is 10.6 Å². The summed E-state index contributed by atoms with van der Waals surface area (Å²) in [6.07, 6.45) is -6.01. The molecule has 0 saturated carbocycles. The van der Waals surface area contributed by atoms with Gasteiger partial charge in [-0.1, -0.05) is 29.8 Å². The van der Waals surface area contributed by atoms with Gasteiger partial charge in [0.05, 0.1) is 13.2 Å². The molecule has 1 fully saturated rings. The predicted molar refractivity (Wildman–Crippen MR) is 101 cm³/mol. The maximum atomic E-state index is 10.3. The van der Waals surface area contributed by atoms with Crippen LogP contribution in [0.2, 0.25) is 5.02 Å². The third-order valence-electron chi connectivity index (χ3n) is 4.69. The van der Waals surface area contributed by atoms with Gasteiger partial charge in [-0.2, -0.15) is 0 Å². The lowest BCUT2D eigenvalue weighted by molar-refractivity contribution is -0.231. The van der Waals surface area contributed by atoms with Crippen LogP contribution in [-0.4, -0.2) is 58.1 Å². The Labute approximate surface area is 162 Å². The van der Waals surface area contributed by atoms with Gasteiger partial charge in [-0.05, 0) is 42.3 Å². The number of rotatable bonds is 5. The van der Waals surface area contributed by atoms with Crippen LogP contribution in [0.15, 0.2) is 42.5 Å². The highest BCUT2D eigenvalue weighted by Crippen LogP contribution is 2.37. The first-order chi connectivity index (χ1) is 13.0. The maximum Gasteiger partial charge on any atom is 0.119 e.